The van der Waals surface area contributed by atoms with Crippen molar-refractivity contribution in [1.82, 2.24) is 30.6 Å². The van der Waals surface area contributed by atoms with Crippen LogP contribution in [-0.4, -0.2) is 39.5 Å². The van der Waals surface area contributed by atoms with Crippen LogP contribution in [0.4, 0.5) is 0 Å². The molecule has 0 aliphatic rings. The molecule has 28 heavy (non-hydrogen) atoms. The fourth-order valence-electron chi connectivity index (χ4n) is 2.73. The Balaban J connectivity index is 1.54. The van der Waals surface area contributed by atoms with Crippen molar-refractivity contribution in [3.63, 3.8) is 0 Å². The molecule has 0 radical (unpaired) electrons. The number of rotatable bonds is 7. The van der Waals surface area contributed by atoms with Crippen LogP contribution in [0.2, 0.25) is 0 Å². The van der Waals surface area contributed by atoms with Gasteiger partial charge in [-0.3, -0.25) is 4.99 Å². The highest BCUT2D eigenvalue weighted by molar-refractivity contribution is 5.80. The van der Waals surface area contributed by atoms with Gasteiger partial charge in [-0.1, -0.05) is 31.1 Å². The summed E-state index contributed by atoms with van der Waals surface area (Å²) >= 11 is 0. The van der Waals surface area contributed by atoms with Gasteiger partial charge in [0.2, 0.25) is 5.89 Å². The third-order valence-corrected chi connectivity index (χ3v) is 4.35. The zero-order valence-electron chi connectivity index (χ0n) is 16.8. The maximum Gasteiger partial charge on any atom is 0.228 e. The largest absolute Gasteiger partial charge is 0.356 e. The van der Waals surface area contributed by atoms with E-state index in [9.17, 15) is 0 Å². The lowest BCUT2D eigenvalue weighted by atomic mass is 10.1. The van der Waals surface area contributed by atoms with Crippen LogP contribution in [0.5, 0.6) is 0 Å². The fourth-order valence-corrected chi connectivity index (χ4v) is 2.73. The van der Waals surface area contributed by atoms with Crippen molar-refractivity contribution in [3.8, 4) is 5.69 Å². The van der Waals surface area contributed by atoms with Gasteiger partial charge in [0, 0.05) is 38.3 Å². The Hall–Kier alpha value is -3.16. The lowest BCUT2D eigenvalue weighted by Crippen LogP contribution is -2.39. The maximum atomic E-state index is 5.27. The second-order valence-corrected chi connectivity index (χ2v) is 6.86. The van der Waals surface area contributed by atoms with E-state index < -0.39 is 0 Å². The van der Waals surface area contributed by atoms with Crippen LogP contribution in [-0.2, 0) is 6.42 Å². The first-order chi connectivity index (χ1) is 13.6. The average molecular weight is 381 g/mol. The van der Waals surface area contributed by atoms with Crippen molar-refractivity contribution in [2.24, 2.45) is 4.99 Å². The molecule has 1 atom stereocenters. The van der Waals surface area contributed by atoms with Gasteiger partial charge < -0.3 is 15.2 Å². The summed E-state index contributed by atoms with van der Waals surface area (Å²) in [7, 11) is 1.76. The van der Waals surface area contributed by atoms with Gasteiger partial charge in [-0.05, 0) is 30.7 Å². The highest BCUT2D eigenvalue weighted by Crippen LogP contribution is 2.16. The highest BCUT2D eigenvalue weighted by Gasteiger charge is 2.11. The molecule has 0 aliphatic carbocycles. The summed E-state index contributed by atoms with van der Waals surface area (Å²) in [6, 6.07) is 10.3. The number of guanidine groups is 1. The van der Waals surface area contributed by atoms with E-state index in [0.717, 1.165) is 23.0 Å². The molecule has 1 unspecified atom stereocenters. The van der Waals surface area contributed by atoms with E-state index >= 15 is 0 Å². The Labute approximate surface area is 165 Å². The summed E-state index contributed by atoms with van der Waals surface area (Å²) in [6.45, 7) is 6.84. The first-order valence-corrected chi connectivity index (χ1v) is 9.46. The summed E-state index contributed by atoms with van der Waals surface area (Å²) in [4.78, 5) is 8.69. The number of hydrogen-bond donors (Lipinski definition) is 2. The SMILES string of the molecule is CN=C(NCCc1nc(C(C)C)no1)NC(C)c1cccc(-n2cccn2)c1. The highest BCUT2D eigenvalue weighted by atomic mass is 16.5. The molecule has 0 saturated heterocycles. The van der Waals surface area contributed by atoms with Crippen molar-refractivity contribution in [3.05, 3.63) is 60.0 Å². The number of benzene rings is 1. The first kappa shape index (κ1) is 19.6. The molecule has 2 heterocycles. The molecule has 0 aliphatic heterocycles. The van der Waals surface area contributed by atoms with Crippen LogP contribution in [0.25, 0.3) is 5.69 Å². The molecule has 2 aromatic heterocycles. The maximum absolute atomic E-state index is 5.27. The molecule has 148 valence electrons. The smallest absolute Gasteiger partial charge is 0.228 e. The van der Waals surface area contributed by atoms with Gasteiger partial charge in [0.05, 0.1) is 11.7 Å². The minimum absolute atomic E-state index is 0.0812. The zero-order chi connectivity index (χ0) is 19.9. The Morgan fingerprint density at radius 3 is 2.79 bits per heavy atom. The molecule has 2 N–H and O–H groups in total. The molecule has 8 nitrogen and oxygen atoms in total. The molecular formula is C20H27N7O. The van der Waals surface area contributed by atoms with Crippen LogP contribution < -0.4 is 10.6 Å². The number of hydrogen-bond acceptors (Lipinski definition) is 5. The second-order valence-electron chi connectivity index (χ2n) is 6.86. The summed E-state index contributed by atoms with van der Waals surface area (Å²) < 4.78 is 7.12. The first-order valence-electron chi connectivity index (χ1n) is 9.46. The van der Waals surface area contributed by atoms with Crippen molar-refractivity contribution < 1.29 is 4.52 Å². The van der Waals surface area contributed by atoms with Crippen LogP contribution in [0.1, 0.15) is 50.0 Å². The normalized spacial score (nSPS) is 13.0. The van der Waals surface area contributed by atoms with E-state index in [1.807, 2.05) is 42.9 Å². The van der Waals surface area contributed by atoms with Gasteiger partial charge >= 0.3 is 0 Å². The van der Waals surface area contributed by atoms with Crippen molar-refractivity contribution in [1.29, 1.82) is 0 Å². The van der Waals surface area contributed by atoms with Crippen LogP contribution in [0, 0.1) is 0 Å². The predicted molar refractivity (Wildman–Crippen MR) is 109 cm³/mol. The third-order valence-electron chi connectivity index (χ3n) is 4.35. The van der Waals surface area contributed by atoms with Gasteiger partial charge in [0.15, 0.2) is 11.8 Å². The van der Waals surface area contributed by atoms with Gasteiger partial charge in [-0.15, -0.1) is 0 Å². The van der Waals surface area contributed by atoms with Crippen molar-refractivity contribution in [2.45, 2.75) is 39.2 Å². The third kappa shape index (κ3) is 4.97. The Morgan fingerprint density at radius 2 is 2.11 bits per heavy atom. The molecule has 0 amide bonds. The molecule has 0 saturated carbocycles. The number of aromatic nitrogens is 4. The van der Waals surface area contributed by atoms with Gasteiger partial charge in [-0.25, -0.2) is 4.68 Å². The van der Waals surface area contributed by atoms with E-state index in [1.54, 1.807) is 13.2 Å². The topological polar surface area (TPSA) is 93.2 Å². The van der Waals surface area contributed by atoms with Crippen LogP contribution in [0.3, 0.4) is 0 Å². The molecule has 3 aromatic rings. The summed E-state index contributed by atoms with van der Waals surface area (Å²) in [5.41, 5.74) is 2.17. The molecule has 8 heteroatoms. The molecule has 0 fully saturated rings. The standard InChI is InChI=1S/C20H27N7O/c1-14(2)19-25-18(28-26-19)9-11-22-20(21-4)24-15(3)16-7-5-8-17(13-16)27-12-6-10-23-27/h5-8,10,12-15H,9,11H2,1-4H3,(H2,21,22,24). The Morgan fingerprint density at radius 1 is 1.25 bits per heavy atom. The number of nitrogens with zero attached hydrogens (tertiary/aromatic N) is 5. The number of aliphatic imine (C=N–C) groups is 1. The van der Waals surface area contributed by atoms with Crippen LogP contribution in [0.15, 0.2) is 52.2 Å². The Kier molecular flexibility index (Phi) is 6.41. The van der Waals surface area contributed by atoms with Crippen molar-refractivity contribution >= 4 is 5.96 Å². The summed E-state index contributed by atoms with van der Waals surface area (Å²) in [5, 5.41) is 15.0. The molecular weight excluding hydrogens is 354 g/mol. The van der Waals surface area contributed by atoms with Gasteiger partial charge in [0.1, 0.15) is 0 Å². The Bertz CT molecular complexity index is 899. The average Bonchev–Trinajstić information content (AvgIpc) is 3.39. The minimum Gasteiger partial charge on any atom is -0.356 e. The molecule has 1 aromatic carbocycles. The van der Waals surface area contributed by atoms with E-state index in [0.29, 0.717) is 18.9 Å². The van der Waals surface area contributed by atoms with Gasteiger partial charge in [-0.2, -0.15) is 10.1 Å². The minimum atomic E-state index is 0.0812. The van der Waals surface area contributed by atoms with Gasteiger partial charge in [0.25, 0.3) is 0 Å². The molecule has 0 spiro atoms. The van der Waals surface area contributed by atoms with E-state index in [1.165, 1.54) is 0 Å². The predicted octanol–water partition coefficient (Wildman–Crippen LogP) is 2.85. The van der Waals surface area contributed by atoms with Crippen molar-refractivity contribution in [2.75, 3.05) is 13.6 Å². The van der Waals surface area contributed by atoms with E-state index in [2.05, 4.69) is 49.9 Å². The lowest BCUT2D eigenvalue weighted by molar-refractivity contribution is 0.371. The lowest BCUT2D eigenvalue weighted by Gasteiger charge is -2.18. The summed E-state index contributed by atoms with van der Waals surface area (Å²) in [6.07, 6.45) is 4.34. The monoisotopic (exact) mass is 381 g/mol. The summed E-state index contributed by atoms with van der Waals surface area (Å²) in [5.74, 6) is 2.36. The van der Waals surface area contributed by atoms with E-state index in [-0.39, 0.29) is 12.0 Å². The quantitative estimate of drug-likeness (QED) is 0.483. The van der Waals surface area contributed by atoms with Crippen LogP contribution >= 0.6 is 0 Å². The molecule has 3 rings (SSSR count). The second kappa shape index (κ2) is 9.16. The number of nitrogens with one attached hydrogen (secondary N) is 2. The molecule has 0 bridgehead atoms. The van der Waals surface area contributed by atoms with E-state index in [4.69, 9.17) is 4.52 Å². The zero-order valence-corrected chi connectivity index (χ0v) is 16.8. The fraction of sp³-hybridized carbons (Fsp3) is 0.400.